The van der Waals surface area contributed by atoms with E-state index in [2.05, 4.69) is 5.32 Å². The lowest BCUT2D eigenvalue weighted by Crippen LogP contribution is -2.37. The zero-order valence-corrected chi connectivity index (χ0v) is 13.8. The number of furan rings is 1. The highest BCUT2D eigenvalue weighted by molar-refractivity contribution is 5.94. The predicted octanol–water partition coefficient (Wildman–Crippen LogP) is 2.67. The van der Waals surface area contributed by atoms with Crippen LogP contribution in [0.15, 0.2) is 41.0 Å². The molecule has 5 heteroatoms. The third-order valence-corrected chi connectivity index (χ3v) is 3.81. The largest absolute Gasteiger partial charge is 0.467 e. The number of aryl methyl sites for hydroxylation is 2. The second kappa shape index (κ2) is 7.63. The van der Waals surface area contributed by atoms with Gasteiger partial charge in [0.1, 0.15) is 5.76 Å². The average Bonchev–Trinajstić information content (AvgIpc) is 3.01. The van der Waals surface area contributed by atoms with E-state index in [1.165, 1.54) is 6.92 Å². The Bertz CT molecular complexity index is 678. The van der Waals surface area contributed by atoms with Gasteiger partial charge in [-0.15, -0.1) is 0 Å². The molecule has 2 rings (SSSR count). The van der Waals surface area contributed by atoms with Gasteiger partial charge in [0.05, 0.1) is 12.8 Å². The van der Waals surface area contributed by atoms with Gasteiger partial charge in [-0.25, -0.2) is 0 Å². The van der Waals surface area contributed by atoms with Crippen LogP contribution >= 0.6 is 0 Å². The molecule has 0 saturated heterocycles. The third-order valence-electron chi connectivity index (χ3n) is 3.81. The normalized spacial score (nSPS) is 10.4. The molecule has 1 aromatic carbocycles. The van der Waals surface area contributed by atoms with Gasteiger partial charge in [0.15, 0.2) is 0 Å². The number of amides is 2. The molecule has 23 heavy (non-hydrogen) atoms. The summed E-state index contributed by atoms with van der Waals surface area (Å²) >= 11 is 0. The van der Waals surface area contributed by atoms with E-state index in [1.807, 2.05) is 38.1 Å². The Balaban J connectivity index is 1.87. The van der Waals surface area contributed by atoms with Crippen LogP contribution < -0.4 is 5.32 Å². The van der Waals surface area contributed by atoms with Gasteiger partial charge in [-0.1, -0.05) is 6.07 Å². The highest BCUT2D eigenvalue weighted by Crippen LogP contribution is 2.10. The molecule has 5 nitrogen and oxygen atoms in total. The van der Waals surface area contributed by atoms with E-state index in [0.29, 0.717) is 25.2 Å². The highest BCUT2D eigenvalue weighted by Gasteiger charge is 2.12. The minimum Gasteiger partial charge on any atom is -0.467 e. The van der Waals surface area contributed by atoms with Crippen LogP contribution in [0.2, 0.25) is 0 Å². The Morgan fingerprint density at radius 2 is 1.96 bits per heavy atom. The molecular formula is C18H22N2O3. The van der Waals surface area contributed by atoms with Gasteiger partial charge in [0.2, 0.25) is 5.91 Å². The summed E-state index contributed by atoms with van der Waals surface area (Å²) in [5.74, 6) is 0.539. The van der Waals surface area contributed by atoms with Gasteiger partial charge in [-0.2, -0.15) is 0 Å². The van der Waals surface area contributed by atoms with E-state index in [9.17, 15) is 9.59 Å². The zero-order valence-electron chi connectivity index (χ0n) is 13.8. The molecule has 0 radical (unpaired) electrons. The minimum absolute atomic E-state index is 0.0539. The average molecular weight is 314 g/mol. The van der Waals surface area contributed by atoms with Gasteiger partial charge in [-0.05, 0) is 49.2 Å². The number of carbonyl (C=O) groups excluding carboxylic acids is 2. The maximum atomic E-state index is 12.1. The summed E-state index contributed by atoms with van der Waals surface area (Å²) in [7, 11) is 0. The van der Waals surface area contributed by atoms with Crippen molar-refractivity contribution >= 4 is 11.8 Å². The molecule has 1 aromatic heterocycles. The Morgan fingerprint density at radius 1 is 1.17 bits per heavy atom. The Hall–Kier alpha value is -2.56. The van der Waals surface area contributed by atoms with Crippen LogP contribution in [0.1, 0.15) is 34.2 Å². The molecule has 0 fully saturated rings. The van der Waals surface area contributed by atoms with Crippen LogP contribution in [0.5, 0.6) is 0 Å². The summed E-state index contributed by atoms with van der Waals surface area (Å²) in [6.45, 7) is 6.73. The van der Waals surface area contributed by atoms with Crippen LogP contribution in [0.25, 0.3) is 0 Å². The van der Waals surface area contributed by atoms with Crippen molar-refractivity contribution in [3.05, 3.63) is 59.0 Å². The number of hydrogen-bond donors (Lipinski definition) is 1. The molecule has 0 spiro atoms. The van der Waals surface area contributed by atoms with Crippen molar-refractivity contribution in [3.63, 3.8) is 0 Å². The van der Waals surface area contributed by atoms with Crippen molar-refractivity contribution in [1.82, 2.24) is 10.2 Å². The zero-order chi connectivity index (χ0) is 16.8. The molecule has 0 unspecified atom stereocenters. The molecular weight excluding hydrogens is 292 g/mol. The van der Waals surface area contributed by atoms with Gasteiger partial charge < -0.3 is 14.6 Å². The molecule has 0 aliphatic heterocycles. The topological polar surface area (TPSA) is 62.6 Å². The van der Waals surface area contributed by atoms with Crippen molar-refractivity contribution in [3.8, 4) is 0 Å². The predicted molar refractivity (Wildman–Crippen MR) is 88.0 cm³/mol. The van der Waals surface area contributed by atoms with E-state index in [-0.39, 0.29) is 11.8 Å². The maximum absolute atomic E-state index is 12.1. The highest BCUT2D eigenvalue weighted by atomic mass is 16.3. The van der Waals surface area contributed by atoms with Gasteiger partial charge in [0.25, 0.3) is 5.91 Å². The molecule has 0 aliphatic carbocycles. The van der Waals surface area contributed by atoms with Crippen molar-refractivity contribution in [1.29, 1.82) is 0 Å². The molecule has 2 aromatic rings. The lowest BCUT2D eigenvalue weighted by atomic mass is 10.1. The number of carbonyl (C=O) groups is 2. The van der Waals surface area contributed by atoms with Crippen LogP contribution in [-0.2, 0) is 11.3 Å². The summed E-state index contributed by atoms with van der Waals surface area (Å²) < 4.78 is 5.25. The summed E-state index contributed by atoms with van der Waals surface area (Å²) in [4.78, 5) is 25.5. The Morgan fingerprint density at radius 3 is 2.57 bits per heavy atom. The fourth-order valence-corrected chi connectivity index (χ4v) is 2.23. The van der Waals surface area contributed by atoms with E-state index in [1.54, 1.807) is 17.2 Å². The summed E-state index contributed by atoms with van der Waals surface area (Å²) in [5.41, 5.74) is 2.87. The second-order valence-corrected chi connectivity index (χ2v) is 5.57. The molecule has 1 N–H and O–H groups in total. The van der Waals surface area contributed by atoms with Crippen molar-refractivity contribution in [2.45, 2.75) is 27.3 Å². The Labute approximate surface area is 136 Å². The minimum atomic E-state index is -0.130. The molecule has 0 aliphatic rings. The number of nitrogens with zero attached hydrogens (tertiary/aromatic N) is 1. The number of nitrogens with one attached hydrogen (secondary N) is 1. The van der Waals surface area contributed by atoms with Gasteiger partial charge >= 0.3 is 0 Å². The van der Waals surface area contributed by atoms with Crippen molar-refractivity contribution in [2.24, 2.45) is 0 Å². The molecule has 0 saturated carbocycles. The first-order valence-electron chi connectivity index (χ1n) is 7.60. The van der Waals surface area contributed by atoms with Crippen LogP contribution in [-0.4, -0.2) is 29.8 Å². The maximum Gasteiger partial charge on any atom is 0.251 e. The van der Waals surface area contributed by atoms with Crippen LogP contribution in [0.4, 0.5) is 0 Å². The van der Waals surface area contributed by atoms with E-state index in [4.69, 9.17) is 4.42 Å². The van der Waals surface area contributed by atoms with E-state index < -0.39 is 0 Å². The van der Waals surface area contributed by atoms with Crippen molar-refractivity contribution in [2.75, 3.05) is 13.1 Å². The SMILES string of the molecule is CC(=O)N(CCNC(=O)c1ccc(C)c(C)c1)Cc1ccco1. The van der Waals surface area contributed by atoms with Crippen LogP contribution in [0.3, 0.4) is 0 Å². The van der Waals surface area contributed by atoms with Gasteiger partial charge in [-0.3, -0.25) is 9.59 Å². The monoisotopic (exact) mass is 314 g/mol. The quantitative estimate of drug-likeness (QED) is 0.891. The summed E-state index contributed by atoms with van der Waals surface area (Å²) in [6.07, 6.45) is 1.58. The molecule has 1 heterocycles. The van der Waals surface area contributed by atoms with Gasteiger partial charge in [0, 0.05) is 25.6 Å². The van der Waals surface area contributed by atoms with Crippen LogP contribution in [0, 0.1) is 13.8 Å². The lowest BCUT2D eigenvalue weighted by molar-refractivity contribution is -0.129. The fraction of sp³-hybridized carbons (Fsp3) is 0.333. The first-order valence-corrected chi connectivity index (χ1v) is 7.60. The lowest BCUT2D eigenvalue weighted by Gasteiger charge is -2.20. The van der Waals surface area contributed by atoms with Crippen molar-refractivity contribution < 1.29 is 14.0 Å². The number of benzene rings is 1. The molecule has 2 amide bonds. The molecule has 122 valence electrons. The van der Waals surface area contributed by atoms with E-state index >= 15 is 0 Å². The Kier molecular flexibility index (Phi) is 5.57. The molecule has 0 bridgehead atoms. The third kappa shape index (κ3) is 4.71. The number of rotatable bonds is 6. The summed E-state index contributed by atoms with van der Waals surface area (Å²) in [5, 5.41) is 2.85. The molecule has 0 atom stereocenters. The summed E-state index contributed by atoms with van der Waals surface area (Å²) in [6, 6.07) is 9.22. The van der Waals surface area contributed by atoms with E-state index in [0.717, 1.165) is 16.9 Å². The fourth-order valence-electron chi connectivity index (χ4n) is 2.23. The number of hydrogen-bond acceptors (Lipinski definition) is 3. The standard InChI is InChI=1S/C18H22N2O3/c1-13-6-7-16(11-14(13)2)18(22)19-8-9-20(15(3)21)12-17-5-4-10-23-17/h4-7,10-11H,8-9,12H2,1-3H3,(H,19,22). The first-order chi connectivity index (χ1) is 11.0. The second-order valence-electron chi connectivity index (χ2n) is 5.57. The smallest absolute Gasteiger partial charge is 0.251 e. The first kappa shape index (κ1) is 16.8.